The summed E-state index contributed by atoms with van der Waals surface area (Å²) in [4.78, 5) is 0. The molecule has 0 aromatic heterocycles. The second-order valence-electron chi connectivity index (χ2n) is 2.54. The minimum absolute atomic E-state index is 0.312. The smallest absolute Gasteiger partial charge is 0.00316 e. The molecule has 0 saturated carbocycles. The average molecular weight is 128 g/mol. The lowest BCUT2D eigenvalue weighted by molar-refractivity contribution is 0.936. The van der Waals surface area contributed by atoms with Gasteiger partial charge in [-0.2, -0.15) is 0 Å². The van der Waals surface area contributed by atoms with Crippen molar-refractivity contribution in [3.05, 3.63) is 12.2 Å². The van der Waals surface area contributed by atoms with Crippen molar-refractivity contribution in [2.24, 2.45) is 0 Å². The van der Waals surface area contributed by atoms with Crippen molar-refractivity contribution in [3.8, 4) is 0 Å². The lowest BCUT2D eigenvalue weighted by atomic mass is 10.4. The third-order valence-corrected chi connectivity index (χ3v) is 3.41. The van der Waals surface area contributed by atoms with Gasteiger partial charge in [-0.15, -0.1) is 7.92 Å². The van der Waals surface area contributed by atoms with E-state index >= 15 is 0 Å². The van der Waals surface area contributed by atoms with Crippen molar-refractivity contribution in [3.63, 3.8) is 0 Å². The zero-order chi connectivity index (χ0) is 5.98. The maximum absolute atomic E-state index is 2.38. The molecule has 0 aliphatic heterocycles. The summed E-state index contributed by atoms with van der Waals surface area (Å²) >= 11 is 0. The van der Waals surface area contributed by atoms with Gasteiger partial charge in [-0.3, -0.25) is 0 Å². The van der Waals surface area contributed by atoms with E-state index in [2.05, 4.69) is 25.5 Å². The van der Waals surface area contributed by atoms with Crippen molar-refractivity contribution in [2.75, 3.05) is 13.3 Å². The maximum Gasteiger partial charge on any atom is -0.00316 e. The van der Waals surface area contributed by atoms with E-state index in [1.54, 1.807) is 0 Å². The van der Waals surface area contributed by atoms with Gasteiger partial charge in [-0.1, -0.05) is 12.2 Å². The first-order chi connectivity index (χ1) is 3.80. The molecule has 1 aliphatic rings. The van der Waals surface area contributed by atoms with Crippen LogP contribution in [0.25, 0.3) is 0 Å². The largest absolute Gasteiger partial charge is 0.106 e. The van der Waals surface area contributed by atoms with Crippen molar-refractivity contribution < 1.29 is 0 Å². The van der Waals surface area contributed by atoms with Crippen LogP contribution in [0.1, 0.15) is 12.8 Å². The van der Waals surface area contributed by atoms with Gasteiger partial charge in [0.15, 0.2) is 0 Å². The summed E-state index contributed by atoms with van der Waals surface area (Å²) < 4.78 is 0. The van der Waals surface area contributed by atoms with Crippen LogP contribution in [0.15, 0.2) is 12.2 Å². The van der Waals surface area contributed by atoms with E-state index in [1.807, 2.05) is 0 Å². The molecule has 0 nitrogen and oxygen atoms in total. The van der Waals surface area contributed by atoms with E-state index in [0.29, 0.717) is 7.92 Å². The van der Waals surface area contributed by atoms with Crippen LogP contribution in [0.2, 0.25) is 0 Å². The van der Waals surface area contributed by atoms with Crippen LogP contribution in [0.3, 0.4) is 0 Å². The van der Waals surface area contributed by atoms with E-state index in [1.165, 1.54) is 12.8 Å². The number of allylic oxidation sites excluding steroid dienone is 2. The van der Waals surface area contributed by atoms with Gasteiger partial charge in [0.1, 0.15) is 0 Å². The summed E-state index contributed by atoms with van der Waals surface area (Å²) in [6.07, 6.45) is 7.43. The van der Waals surface area contributed by atoms with Gasteiger partial charge < -0.3 is 0 Å². The molecule has 46 valence electrons. The molecule has 0 radical (unpaired) electrons. The SMILES string of the molecule is CP(C)[C@@H]1C=CCC1. The van der Waals surface area contributed by atoms with Gasteiger partial charge >= 0.3 is 0 Å². The highest BCUT2D eigenvalue weighted by Gasteiger charge is 2.11. The average Bonchev–Trinajstić information content (AvgIpc) is 2.12. The minimum Gasteiger partial charge on any atom is -0.106 e. The molecule has 1 aliphatic carbocycles. The fraction of sp³-hybridized carbons (Fsp3) is 0.714. The zero-order valence-corrected chi connectivity index (χ0v) is 6.49. The van der Waals surface area contributed by atoms with Crippen LogP contribution in [0, 0.1) is 0 Å². The third-order valence-electron chi connectivity index (χ3n) is 1.65. The fourth-order valence-corrected chi connectivity index (χ4v) is 2.18. The highest BCUT2D eigenvalue weighted by atomic mass is 31.1. The molecule has 0 heterocycles. The van der Waals surface area contributed by atoms with Crippen molar-refractivity contribution in [1.82, 2.24) is 0 Å². The Bertz CT molecular complexity index is 94.6. The maximum atomic E-state index is 2.38. The second-order valence-corrected chi connectivity index (χ2v) is 5.13. The molecule has 1 heteroatoms. The van der Waals surface area contributed by atoms with E-state index in [4.69, 9.17) is 0 Å². The zero-order valence-electron chi connectivity index (χ0n) is 5.59. The summed E-state index contributed by atoms with van der Waals surface area (Å²) in [6.45, 7) is 4.71. The Morgan fingerprint density at radius 3 is 2.50 bits per heavy atom. The second kappa shape index (κ2) is 2.64. The van der Waals surface area contributed by atoms with Crippen LogP contribution < -0.4 is 0 Å². The molecule has 0 unspecified atom stereocenters. The van der Waals surface area contributed by atoms with Crippen LogP contribution in [-0.4, -0.2) is 19.0 Å². The highest BCUT2D eigenvalue weighted by Crippen LogP contribution is 2.38. The molecule has 0 saturated heterocycles. The van der Waals surface area contributed by atoms with Crippen LogP contribution in [-0.2, 0) is 0 Å². The molecule has 0 N–H and O–H groups in total. The van der Waals surface area contributed by atoms with Gasteiger partial charge in [0.05, 0.1) is 0 Å². The summed E-state index contributed by atoms with van der Waals surface area (Å²) in [5.41, 5.74) is 0.949. The molecule has 1 rings (SSSR count). The van der Waals surface area contributed by atoms with Gasteiger partial charge in [0.2, 0.25) is 0 Å². The molecule has 0 bridgehead atoms. The molecule has 1 atom stereocenters. The predicted octanol–water partition coefficient (Wildman–Crippen LogP) is 2.45. The Morgan fingerprint density at radius 1 is 1.50 bits per heavy atom. The highest BCUT2D eigenvalue weighted by molar-refractivity contribution is 7.57. The topological polar surface area (TPSA) is 0 Å². The normalized spacial score (nSPS) is 27.6. The van der Waals surface area contributed by atoms with E-state index in [9.17, 15) is 0 Å². The van der Waals surface area contributed by atoms with Crippen molar-refractivity contribution in [2.45, 2.75) is 18.5 Å². The Hall–Kier alpha value is 0.170. The number of hydrogen-bond donors (Lipinski definition) is 0. The summed E-state index contributed by atoms with van der Waals surface area (Å²) in [7, 11) is 0.312. The van der Waals surface area contributed by atoms with Gasteiger partial charge in [0.25, 0.3) is 0 Å². The molecule has 0 aromatic rings. The number of hydrogen-bond acceptors (Lipinski definition) is 0. The Kier molecular flexibility index (Phi) is 2.08. The first kappa shape index (κ1) is 6.29. The molecule has 0 aromatic carbocycles. The lowest BCUT2D eigenvalue weighted by Gasteiger charge is -2.10. The van der Waals surface area contributed by atoms with Gasteiger partial charge in [0, 0.05) is 0 Å². The van der Waals surface area contributed by atoms with Crippen LogP contribution in [0.5, 0.6) is 0 Å². The van der Waals surface area contributed by atoms with Crippen LogP contribution >= 0.6 is 7.92 Å². The minimum atomic E-state index is 0.312. The molecular weight excluding hydrogens is 115 g/mol. The summed E-state index contributed by atoms with van der Waals surface area (Å²) in [5.74, 6) is 0. The Morgan fingerprint density at radius 2 is 2.25 bits per heavy atom. The third kappa shape index (κ3) is 1.32. The molecular formula is C7H13P. The summed E-state index contributed by atoms with van der Waals surface area (Å²) in [5, 5.41) is 0. The Balaban J connectivity index is 2.36. The molecule has 8 heavy (non-hydrogen) atoms. The fourth-order valence-electron chi connectivity index (χ4n) is 1.05. The van der Waals surface area contributed by atoms with Gasteiger partial charge in [-0.25, -0.2) is 0 Å². The van der Waals surface area contributed by atoms with Crippen molar-refractivity contribution in [1.29, 1.82) is 0 Å². The van der Waals surface area contributed by atoms with E-state index in [0.717, 1.165) is 5.66 Å². The quantitative estimate of drug-likeness (QED) is 0.376. The lowest BCUT2D eigenvalue weighted by Crippen LogP contribution is -1.93. The van der Waals surface area contributed by atoms with Gasteiger partial charge in [-0.05, 0) is 31.8 Å². The number of rotatable bonds is 1. The summed E-state index contributed by atoms with van der Waals surface area (Å²) in [6, 6.07) is 0. The van der Waals surface area contributed by atoms with E-state index < -0.39 is 0 Å². The van der Waals surface area contributed by atoms with Crippen molar-refractivity contribution >= 4 is 7.92 Å². The molecule has 0 amide bonds. The molecule has 0 spiro atoms. The first-order valence-electron chi connectivity index (χ1n) is 3.14. The monoisotopic (exact) mass is 128 g/mol. The molecule has 0 fully saturated rings. The standard InChI is InChI=1S/C7H13P/c1-8(2)7-5-3-4-6-7/h3,5,7H,4,6H2,1-2H3/t7-/m1/s1. The predicted molar refractivity (Wildman–Crippen MR) is 40.9 cm³/mol. The Labute approximate surface area is 52.7 Å². The van der Waals surface area contributed by atoms with E-state index in [-0.39, 0.29) is 0 Å². The first-order valence-corrected chi connectivity index (χ1v) is 5.44. The van der Waals surface area contributed by atoms with Crippen LogP contribution in [0.4, 0.5) is 0 Å².